The molecule has 0 bridgehead atoms. The first-order valence-electron chi connectivity index (χ1n) is 5.91. The molecule has 0 unspecified atom stereocenters. The second-order valence-corrected chi connectivity index (χ2v) is 4.38. The van der Waals surface area contributed by atoms with Crippen LogP contribution < -0.4 is 4.74 Å². The first kappa shape index (κ1) is 13.1. The number of aromatic carboxylic acids is 1. The minimum Gasteiger partial charge on any atom is -0.486 e. The number of ether oxygens (including phenoxy) is 1. The number of pyridine rings is 1. The topological polar surface area (TPSA) is 77.2 Å². The first-order chi connectivity index (χ1) is 9.06. The van der Waals surface area contributed by atoms with Gasteiger partial charge in [0.05, 0.1) is 17.5 Å². The summed E-state index contributed by atoms with van der Waals surface area (Å²) in [7, 11) is 0. The molecule has 0 aromatic carbocycles. The summed E-state index contributed by atoms with van der Waals surface area (Å²) in [4.78, 5) is 14.6. The van der Waals surface area contributed by atoms with Gasteiger partial charge >= 0.3 is 5.97 Å². The molecule has 2 aromatic heterocycles. The second-order valence-electron chi connectivity index (χ2n) is 4.38. The van der Waals surface area contributed by atoms with Crippen molar-refractivity contribution < 1.29 is 14.6 Å². The molecule has 2 rings (SSSR count). The van der Waals surface area contributed by atoms with Crippen LogP contribution in [0.4, 0.5) is 0 Å². The molecule has 0 aliphatic rings. The van der Waals surface area contributed by atoms with E-state index in [0.29, 0.717) is 11.8 Å². The van der Waals surface area contributed by atoms with Crippen molar-refractivity contribution in [2.45, 2.75) is 26.5 Å². The number of hydrogen-bond donors (Lipinski definition) is 1. The Morgan fingerprint density at radius 1 is 1.47 bits per heavy atom. The fourth-order valence-corrected chi connectivity index (χ4v) is 1.51. The summed E-state index contributed by atoms with van der Waals surface area (Å²) < 4.78 is 7.31. The van der Waals surface area contributed by atoms with Gasteiger partial charge in [0.15, 0.2) is 0 Å². The monoisotopic (exact) mass is 261 g/mol. The molecular formula is C13H15N3O3. The maximum absolute atomic E-state index is 10.8. The van der Waals surface area contributed by atoms with Crippen molar-refractivity contribution in [1.29, 1.82) is 0 Å². The largest absolute Gasteiger partial charge is 0.486 e. The van der Waals surface area contributed by atoms with Crippen molar-refractivity contribution in [2.24, 2.45) is 0 Å². The van der Waals surface area contributed by atoms with Crippen LogP contribution in [0.1, 0.15) is 35.9 Å². The third-order valence-corrected chi connectivity index (χ3v) is 2.54. The Hall–Kier alpha value is -2.37. The predicted molar refractivity (Wildman–Crippen MR) is 68.1 cm³/mol. The number of carboxylic acid groups (broad SMARTS) is 1. The summed E-state index contributed by atoms with van der Waals surface area (Å²) in [6.07, 6.45) is 4.64. The van der Waals surface area contributed by atoms with E-state index in [0.717, 1.165) is 5.69 Å². The Labute approximate surface area is 110 Å². The number of carboxylic acids is 1. The van der Waals surface area contributed by atoms with Crippen LogP contribution in [-0.2, 0) is 6.61 Å². The van der Waals surface area contributed by atoms with E-state index in [1.807, 2.05) is 30.8 Å². The zero-order valence-electron chi connectivity index (χ0n) is 10.8. The van der Waals surface area contributed by atoms with Crippen molar-refractivity contribution in [3.8, 4) is 5.75 Å². The molecule has 100 valence electrons. The van der Waals surface area contributed by atoms with Gasteiger partial charge in [0.1, 0.15) is 12.4 Å². The molecule has 0 aliphatic carbocycles. The minimum absolute atomic E-state index is 0.102. The number of carbonyl (C=O) groups is 1. The van der Waals surface area contributed by atoms with Gasteiger partial charge in [-0.1, -0.05) is 0 Å². The first-order valence-corrected chi connectivity index (χ1v) is 5.91. The van der Waals surface area contributed by atoms with Crippen molar-refractivity contribution >= 4 is 5.97 Å². The molecule has 19 heavy (non-hydrogen) atoms. The molecule has 1 N–H and O–H groups in total. The summed E-state index contributed by atoms with van der Waals surface area (Å²) in [5.41, 5.74) is 0.889. The summed E-state index contributed by atoms with van der Waals surface area (Å²) in [5, 5.41) is 13.2. The molecule has 0 amide bonds. The number of hydrogen-bond acceptors (Lipinski definition) is 4. The van der Waals surface area contributed by atoms with Crippen LogP contribution in [0, 0.1) is 0 Å². The van der Waals surface area contributed by atoms with E-state index in [1.165, 1.54) is 18.5 Å². The molecule has 0 atom stereocenters. The molecule has 6 nitrogen and oxygen atoms in total. The molecule has 0 radical (unpaired) electrons. The lowest BCUT2D eigenvalue weighted by Gasteiger charge is -2.05. The van der Waals surface area contributed by atoms with E-state index in [2.05, 4.69) is 10.1 Å². The predicted octanol–water partition coefficient (Wildman–Crippen LogP) is 2.14. The summed E-state index contributed by atoms with van der Waals surface area (Å²) in [6.45, 7) is 4.36. The van der Waals surface area contributed by atoms with Crippen LogP contribution in [0.2, 0.25) is 0 Å². The van der Waals surface area contributed by atoms with Gasteiger partial charge in [0, 0.05) is 18.4 Å². The van der Waals surface area contributed by atoms with Crippen LogP contribution in [-0.4, -0.2) is 25.8 Å². The fourth-order valence-electron chi connectivity index (χ4n) is 1.51. The fraction of sp³-hybridized carbons (Fsp3) is 0.308. The van der Waals surface area contributed by atoms with Gasteiger partial charge in [0.25, 0.3) is 0 Å². The molecular weight excluding hydrogens is 246 g/mol. The van der Waals surface area contributed by atoms with Gasteiger partial charge in [-0.3, -0.25) is 9.67 Å². The minimum atomic E-state index is -1.03. The van der Waals surface area contributed by atoms with Crippen LogP contribution in [0.15, 0.2) is 30.7 Å². The maximum Gasteiger partial charge on any atom is 0.337 e. The average molecular weight is 261 g/mol. The van der Waals surface area contributed by atoms with Crippen molar-refractivity contribution in [1.82, 2.24) is 14.8 Å². The van der Waals surface area contributed by atoms with Crippen LogP contribution in [0.3, 0.4) is 0 Å². The quantitative estimate of drug-likeness (QED) is 0.892. The summed E-state index contributed by atoms with van der Waals surface area (Å²) in [6, 6.07) is 3.61. The lowest BCUT2D eigenvalue weighted by Crippen LogP contribution is -2.04. The normalized spacial score (nSPS) is 10.7. The van der Waals surface area contributed by atoms with Gasteiger partial charge < -0.3 is 9.84 Å². The average Bonchev–Trinajstić information content (AvgIpc) is 2.85. The molecule has 0 saturated heterocycles. The maximum atomic E-state index is 10.8. The van der Waals surface area contributed by atoms with Gasteiger partial charge in [-0.15, -0.1) is 0 Å². The third kappa shape index (κ3) is 3.31. The van der Waals surface area contributed by atoms with Gasteiger partial charge in [-0.25, -0.2) is 4.79 Å². The van der Waals surface area contributed by atoms with Gasteiger partial charge in [-0.2, -0.15) is 5.10 Å². The molecule has 0 saturated carbocycles. The van der Waals surface area contributed by atoms with E-state index < -0.39 is 5.97 Å². The molecule has 2 heterocycles. The zero-order chi connectivity index (χ0) is 13.8. The zero-order valence-corrected chi connectivity index (χ0v) is 10.8. The highest BCUT2D eigenvalue weighted by molar-refractivity contribution is 5.87. The third-order valence-electron chi connectivity index (χ3n) is 2.54. The number of nitrogens with zero attached hydrogens (tertiary/aromatic N) is 3. The standard InChI is InChI=1S/C13H15N3O3/c1-9(2)16-4-3-11(15-16)8-19-12-5-10(13(17)18)6-14-7-12/h3-7,9H,8H2,1-2H3,(H,17,18). The highest BCUT2D eigenvalue weighted by Gasteiger charge is 2.06. The van der Waals surface area contributed by atoms with Gasteiger partial charge in [-0.05, 0) is 26.0 Å². The lowest BCUT2D eigenvalue weighted by atomic mass is 10.3. The SMILES string of the molecule is CC(C)n1ccc(COc2cncc(C(=O)O)c2)n1. The summed E-state index contributed by atoms with van der Waals surface area (Å²) in [5.74, 6) is -0.610. The number of aromatic nitrogens is 3. The van der Waals surface area contributed by atoms with E-state index in [4.69, 9.17) is 9.84 Å². The van der Waals surface area contributed by atoms with Crippen LogP contribution >= 0.6 is 0 Å². The molecule has 0 fully saturated rings. The smallest absolute Gasteiger partial charge is 0.337 e. The Balaban J connectivity index is 2.01. The Morgan fingerprint density at radius 3 is 2.89 bits per heavy atom. The molecule has 2 aromatic rings. The van der Waals surface area contributed by atoms with E-state index >= 15 is 0 Å². The van der Waals surface area contributed by atoms with E-state index in [9.17, 15) is 4.79 Å². The van der Waals surface area contributed by atoms with E-state index in [-0.39, 0.29) is 12.2 Å². The molecule has 0 spiro atoms. The van der Waals surface area contributed by atoms with Crippen LogP contribution in [0.25, 0.3) is 0 Å². The Kier molecular flexibility index (Phi) is 3.79. The van der Waals surface area contributed by atoms with Crippen LogP contribution in [0.5, 0.6) is 5.75 Å². The highest BCUT2D eigenvalue weighted by atomic mass is 16.5. The molecule has 6 heteroatoms. The Bertz CT molecular complexity index is 578. The second kappa shape index (κ2) is 5.51. The van der Waals surface area contributed by atoms with Crippen molar-refractivity contribution in [3.63, 3.8) is 0 Å². The highest BCUT2D eigenvalue weighted by Crippen LogP contribution is 2.13. The lowest BCUT2D eigenvalue weighted by molar-refractivity contribution is 0.0696. The summed E-state index contributed by atoms with van der Waals surface area (Å²) >= 11 is 0. The number of rotatable bonds is 5. The van der Waals surface area contributed by atoms with Crippen molar-refractivity contribution in [2.75, 3.05) is 0 Å². The van der Waals surface area contributed by atoms with Gasteiger partial charge in [0.2, 0.25) is 0 Å². The Morgan fingerprint density at radius 2 is 2.26 bits per heavy atom. The van der Waals surface area contributed by atoms with E-state index in [1.54, 1.807) is 0 Å². The van der Waals surface area contributed by atoms with Crippen molar-refractivity contribution in [3.05, 3.63) is 42.0 Å². The molecule has 0 aliphatic heterocycles.